The maximum absolute atomic E-state index is 12.5. The number of anilines is 1. The average Bonchev–Trinajstić information content (AvgIpc) is 2.73. The molecule has 0 bridgehead atoms. The van der Waals surface area contributed by atoms with Gasteiger partial charge >= 0.3 is 0 Å². The summed E-state index contributed by atoms with van der Waals surface area (Å²) in [6.07, 6.45) is 0. The zero-order valence-corrected chi connectivity index (χ0v) is 17.3. The Morgan fingerprint density at radius 1 is 0.931 bits per heavy atom. The number of carbonyl (C=O) groups is 1. The quantitative estimate of drug-likeness (QED) is 0.532. The van der Waals surface area contributed by atoms with Gasteiger partial charge in [0.15, 0.2) is 5.11 Å². The predicted octanol–water partition coefficient (Wildman–Crippen LogP) is 5.52. The minimum atomic E-state index is -0.265. The number of ether oxygens (including phenoxy) is 1. The van der Waals surface area contributed by atoms with E-state index in [9.17, 15) is 4.79 Å². The van der Waals surface area contributed by atoms with Crippen LogP contribution in [-0.2, 0) is 6.61 Å². The van der Waals surface area contributed by atoms with Crippen LogP contribution in [0.3, 0.4) is 0 Å². The van der Waals surface area contributed by atoms with Crippen LogP contribution in [0.15, 0.2) is 78.9 Å². The van der Waals surface area contributed by atoms with Gasteiger partial charge in [0, 0.05) is 11.3 Å². The molecule has 0 aliphatic rings. The predicted molar refractivity (Wildman–Crippen MR) is 121 cm³/mol. The summed E-state index contributed by atoms with van der Waals surface area (Å²) in [6.45, 7) is 4.71. The summed E-state index contributed by atoms with van der Waals surface area (Å²) in [5.41, 5.74) is 3.65. The Morgan fingerprint density at radius 3 is 2.28 bits per heavy atom. The second-order valence-electron chi connectivity index (χ2n) is 6.95. The number of benzene rings is 3. The molecule has 4 nitrogen and oxygen atoms in total. The van der Waals surface area contributed by atoms with E-state index in [4.69, 9.17) is 17.0 Å². The third kappa shape index (κ3) is 5.90. The second-order valence-corrected chi connectivity index (χ2v) is 7.36. The van der Waals surface area contributed by atoms with Crippen LogP contribution in [0.4, 0.5) is 5.69 Å². The first-order valence-corrected chi connectivity index (χ1v) is 9.92. The lowest BCUT2D eigenvalue weighted by molar-refractivity contribution is 0.0977. The van der Waals surface area contributed by atoms with E-state index in [2.05, 4.69) is 24.5 Å². The smallest absolute Gasteiger partial charge is 0.257 e. The average molecular weight is 405 g/mol. The molecular weight excluding hydrogens is 380 g/mol. The van der Waals surface area contributed by atoms with Gasteiger partial charge in [0.2, 0.25) is 0 Å². The number of para-hydroxylation sites is 1. The lowest BCUT2D eigenvalue weighted by Crippen LogP contribution is -2.34. The van der Waals surface area contributed by atoms with Gasteiger partial charge in [-0.15, -0.1) is 0 Å². The van der Waals surface area contributed by atoms with Gasteiger partial charge in [0.25, 0.3) is 5.91 Å². The zero-order valence-electron chi connectivity index (χ0n) is 16.5. The number of carbonyl (C=O) groups excluding carboxylic acids is 1. The molecule has 5 heteroatoms. The van der Waals surface area contributed by atoms with E-state index in [1.807, 2.05) is 54.6 Å². The van der Waals surface area contributed by atoms with Crippen LogP contribution in [-0.4, -0.2) is 11.0 Å². The summed E-state index contributed by atoms with van der Waals surface area (Å²) in [6, 6.07) is 24.9. The number of hydrogen-bond donors (Lipinski definition) is 2. The Hall–Kier alpha value is -3.18. The molecule has 0 saturated heterocycles. The van der Waals surface area contributed by atoms with Crippen molar-refractivity contribution in [3.63, 3.8) is 0 Å². The molecule has 0 unspecified atom stereocenters. The summed E-state index contributed by atoms with van der Waals surface area (Å²) in [7, 11) is 0. The van der Waals surface area contributed by atoms with Crippen molar-refractivity contribution < 1.29 is 9.53 Å². The Morgan fingerprint density at radius 2 is 1.59 bits per heavy atom. The summed E-state index contributed by atoms with van der Waals surface area (Å²) in [5.74, 6) is 0.789. The van der Waals surface area contributed by atoms with Gasteiger partial charge in [-0.3, -0.25) is 10.1 Å². The first kappa shape index (κ1) is 20.6. The molecular formula is C24H24N2O2S. The standard InChI is InChI=1S/C24H24N2O2S/c1-17(2)21-10-6-7-11-22(21)25-24(29)26-23(27)19-12-14-20(15-13-19)28-16-18-8-4-3-5-9-18/h3-15,17H,16H2,1-2H3,(H2,25,26,27,29). The van der Waals surface area contributed by atoms with Crippen LogP contribution in [0.25, 0.3) is 0 Å². The first-order chi connectivity index (χ1) is 14.0. The molecule has 0 heterocycles. The molecule has 148 valence electrons. The Bertz CT molecular complexity index is 970. The number of nitrogens with one attached hydrogen (secondary N) is 2. The largest absolute Gasteiger partial charge is 0.489 e. The highest BCUT2D eigenvalue weighted by molar-refractivity contribution is 7.80. The fraction of sp³-hybridized carbons (Fsp3) is 0.167. The summed E-state index contributed by atoms with van der Waals surface area (Å²) in [4.78, 5) is 12.5. The maximum atomic E-state index is 12.5. The number of amides is 1. The van der Waals surface area contributed by atoms with Gasteiger partial charge in [-0.25, -0.2) is 0 Å². The van der Waals surface area contributed by atoms with Crippen molar-refractivity contribution in [2.24, 2.45) is 0 Å². The highest BCUT2D eigenvalue weighted by atomic mass is 32.1. The van der Waals surface area contributed by atoms with Crippen molar-refractivity contribution in [3.05, 3.63) is 95.6 Å². The van der Waals surface area contributed by atoms with Gasteiger partial charge in [0.1, 0.15) is 12.4 Å². The van der Waals surface area contributed by atoms with Gasteiger partial charge < -0.3 is 10.1 Å². The third-order valence-electron chi connectivity index (χ3n) is 4.42. The molecule has 0 atom stereocenters. The Labute approximate surface area is 176 Å². The van der Waals surface area contributed by atoms with Crippen LogP contribution >= 0.6 is 12.2 Å². The molecule has 1 amide bonds. The third-order valence-corrected chi connectivity index (χ3v) is 4.63. The lowest BCUT2D eigenvalue weighted by atomic mass is 10.0. The molecule has 3 aromatic rings. The van der Waals surface area contributed by atoms with E-state index in [1.54, 1.807) is 24.3 Å². The number of hydrogen-bond acceptors (Lipinski definition) is 3. The second kappa shape index (κ2) is 9.85. The van der Waals surface area contributed by atoms with Crippen LogP contribution in [0, 0.1) is 0 Å². The van der Waals surface area contributed by atoms with Crippen molar-refractivity contribution in [1.29, 1.82) is 0 Å². The van der Waals surface area contributed by atoms with Gasteiger partial charge in [-0.2, -0.15) is 0 Å². The number of thiocarbonyl (C=S) groups is 1. The van der Waals surface area contributed by atoms with Crippen molar-refractivity contribution in [1.82, 2.24) is 5.32 Å². The summed E-state index contributed by atoms with van der Waals surface area (Å²) >= 11 is 5.31. The van der Waals surface area contributed by atoms with E-state index >= 15 is 0 Å². The van der Waals surface area contributed by atoms with E-state index in [0.717, 1.165) is 16.8 Å². The summed E-state index contributed by atoms with van der Waals surface area (Å²) < 4.78 is 5.75. The zero-order chi connectivity index (χ0) is 20.6. The van der Waals surface area contributed by atoms with E-state index in [1.165, 1.54) is 0 Å². The van der Waals surface area contributed by atoms with Crippen LogP contribution in [0.2, 0.25) is 0 Å². The molecule has 0 aliphatic heterocycles. The van der Waals surface area contributed by atoms with Crippen molar-refractivity contribution in [2.75, 3.05) is 5.32 Å². The van der Waals surface area contributed by atoms with Crippen molar-refractivity contribution in [3.8, 4) is 5.75 Å². The van der Waals surface area contributed by atoms with E-state index < -0.39 is 0 Å². The SMILES string of the molecule is CC(C)c1ccccc1NC(=S)NC(=O)c1ccc(OCc2ccccc2)cc1. The number of rotatable bonds is 6. The van der Waals surface area contributed by atoms with Gasteiger partial charge in [-0.1, -0.05) is 62.4 Å². The summed E-state index contributed by atoms with van der Waals surface area (Å²) in [5, 5.41) is 6.12. The Balaban J connectivity index is 1.56. The molecule has 0 fully saturated rings. The molecule has 29 heavy (non-hydrogen) atoms. The van der Waals surface area contributed by atoms with Crippen molar-refractivity contribution in [2.45, 2.75) is 26.4 Å². The molecule has 3 aromatic carbocycles. The highest BCUT2D eigenvalue weighted by Gasteiger charge is 2.11. The normalized spacial score (nSPS) is 10.4. The molecule has 0 aromatic heterocycles. The minimum absolute atomic E-state index is 0.265. The molecule has 0 aliphatic carbocycles. The maximum Gasteiger partial charge on any atom is 0.257 e. The van der Waals surface area contributed by atoms with E-state index in [0.29, 0.717) is 23.8 Å². The first-order valence-electron chi connectivity index (χ1n) is 9.51. The van der Waals surface area contributed by atoms with Gasteiger partial charge in [-0.05, 0) is 59.6 Å². The van der Waals surface area contributed by atoms with Crippen LogP contribution in [0.1, 0.15) is 41.3 Å². The fourth-order valence-electron chi connectivity index (χ4n) is 2.89. The van der Waals surface area contributed by atoms with Crippen LogP contribution < -0.4 is 15.4 Å². The van der Waals surface area contributed by atoms with E-state index in [-0.39, 0.29) is 11.0 Å². The van der Waals surface area contributed by atoms with Crippen LogP contribution in [0.5, 0.6) is 5.75 Å². The molecule has 0 spiro atoms. The molecule has 0 radical (unpaired) electrons. The minimum Gasteiger partial charge on any atom is -0.489 e. The lowest BCUT2D eigenvalue weighted by Gasteiger charge is -2.15. The van der Waals surface area contributed by atoms with Crippen molar-refractivity contribution >= 4 is 28.9 Å². The highest BCUT2D eigenvalue weighted by Crippen LogP contribution is 2.23. The fourth-order valence-corrected chi connectivity index (χ4v) is 3.09. The molecule has 0 saturated carbocycles. The van der Waals surface area contributed by atoms with Gasteiger partial charge in [0.05, 0.1) is 0 Å². The monoisotopic (exact) mass is 404 g/mol. The molecule has 3 rings (SSSR count). The molecule has 2 N–H and O–H groups in total. The topological polar surface area (TPSA) is 50.4 Å². The Kier molecular flexibility index (Phi) is 6.98.